The Balaban J connectivity index is 0.000000121. The van der Waals surface area contributed by atoms with Gasteiger partial charge in [-0.3, -0.25) is 0 Å². The standard InChI is InChI=1S/C10H10.C10H8/c2*1-2-6-10-8-4-3-7-9(10)5-1/h1-6H,7-8H2;1-8H. The van der Waals surface area contributed by atoms with Gasteiger partial charge in [0.15, 0.2) is 0 Å². The maximum Gasteiger partial charge on any atom is -0.00945 e. The van der Waals surface area contributed by atoms with E-state index < -0.39 is 0 Å². The van der Waals surface area contributed by atoms with Crippen molar-refractivity contribution < 1.29 is 0 Å². The van der Waals surface area contributed by atoms with Crippen molar-refractivity contribution >= 4 is 10.8 Å². The zero-order chi connectivity index (χ0) is 13.6. The third kappa shape index (κ3) is 2.97. The van der Waals surface area contributed by atoms with Crippen molar-refractivity contribution in [1.82, 2.24) is 0 Å². The summed E-state index contributed by atoms with van der Waals surface area (Å²) in [5.74, 6) is 0. The summed E-state index contributed by atoms with van der Waals surface area (Å²) >= 11 is 0. The highest BCUT2D eigenvalue weighted by molar-refractivity contribution is 5.81. The lowest BCUT2D eigenvalue weighted by Crippen LogP contribution is -1.95. The van der Waals surface area contributed by atoms with Crippen LogP contribution in [0.15, 0.2) is 84.9 Å². The van der Waals surface area contributed by atoms with E-state index in [1.54, 1.807) is 0 Å². The molecular formula is C20H18. The molecule has 0 heterocycles. The fraction of sp³-hybridized carbons (Fsp3) is 0.100. The highest BCUT2D eigenvalue weighted by Gasteiger charge is 2.00. The maximum atomic E-state index is 2.24. The molecule has 0 saturated carbocycles. The molecule has 0 aliphatic heterocycles. The summed E-state index contributed by atoms with van der Waals surface area (Å²) in [4.78, 5) is 0. The van der Waals surface area contributed by atoms with Crippen molar-refractivity contribution in [1.29, 1.82) is 0 Å². The Morgan fingerprint density at radius 2 is 0.800 bits per heavy atom. The van der Waals surface area contributed by atoms with Crippen LogP contribution in [-0.2, 0) is 12.8 Å². The van der Waals surface area contributed by atoms with Gasteiger partial charge in [0.25, 0.3) is 0 Å². The number of allylic oxidation sites excluding steroid dienone is 2. The number of rotatable bonds is 0. The van der Waals surface area contributed by atoms with E-state index in [9.17, 15) is 0 Å². The lowest BCUT2D eigenvalue weighted by atomic mass is 9.97. The minimum absolute atomic E-state index is 1.12. The quantitative estimate of drug-likeness (QED) is 0.487. The summed E-state index contributed by atoms with van der Waals surface area (Å²) < 4.78 is 0. The van der Waals surface area contributed by atoms with Crippen molar-refractivity contribution in [3.63, 3.8) is 0 Å². The van der Waals surface area contributed by atoms with Gasteiger partial charge in [-0.2, -0.15) is 0 Å². The molecular weight excluding hydrogens is 240 g/mol. The maximum absolute atomic E-state index is 2.24. The summed E-state index contributed by atoms with van der Waals surface area (Å²) in [6, 6.07) is 25.3. The summed E-state index contributed by atoms with van der Waals surface area (Å²) in [6.45, 7) is 0. The predicted molar refractivity (Wildman–Crippen MR) is 86.9 cm³/mol. The van der Waals surface area contributed by atoms with E-state index in [0.717, 1.165) is 12.8 Å². The number of benzene rings is 3. The van der Waals surface area contributed by atoms with E-state index in [1.807, 2.05) is 0 Å². The second-order valence-electron chi connectivity index (χ2n) is 5.00. The van der Waals surface area contributed by atoms with E-state index in [-0.39, 0.29) is 0 Å². The summed E-state index contributed by atoms with van der Waals surface area (Å²) in [5, 5.41) is 2.62. The van der Waals surface area contributed by atoms with E-state index >= 15 is 0 Å². The molecule has 0 N–H and O–H groups in total. The van der Waals surface area contributed by atoms with Crippen LogP contribution in [0.3, 0.4) is 0 Å². The first kappa shape index (κ1) is 12.7. The van der Waals surface area contributed by atoms with E-state index in [0.29, 0.717) is 0 Å². The molecule has 0 bridgehead atoms. The van der Waals surface area contributed by atoms with Crippen molar-refractivity contribution in [3.05, 3.63) is 96.1 Å². The van der Waals surface area contributed by atoms with Crippen LogP contribution < -0.4 is 0 Å². The van der Waals surface area contributed by atoms with E-state index in [2.05, 4.69) is 84.9 Å². The lowest BCUT2D eigenvalue weighted by molar-refractivity contribution is 1.09. The molecule has 0 spiro atoms. The lowest BCUT2D eigenvalue weighted by Gasteiger charge is -2.08. The van der Waals surface area contributed by atoms with Gasteiger partial charge in [-0.1, -0.05) is 84.9 Å². The van der Waals surface area contributed by atoms with Crippen LogP contribution in [0.4, 0.5) is 0 Å². The molecule has 0 nitrogen and oxygen atoms in total. The summed E-state index contributed by atoms with van der Waals surface area (Å²) in [6.07, 6.45) is 6.72. The molecule has 0 aromatic heterocycles. The van der Waals surface area contributed by atoms with E-state index in [4.69, 9.17) is 0 Å². The van der Waals surface area contributed by atoms with Crippen molar-refractivity contribution in [3.8, 4) is 0 Å². The minimum atomic E-state index is 1.12. The molecule has 98 valence electrons. The molecule has 1 aliphatic rings. The molecule has 0 radical (unpaired) electrons. The molecule has 0 saturated heterocycles. The highest BCUT2D eigenvalue weighted by Crippen LogP contribution is 2.15. The average Bonchev–Trinajstić information content (AvgIpc) is 2.56. The molecule has 0 unspecified atom stereocenters. The summed E-state index contributed by atoms with van der Waals surface area (Å²) in [5.41, 5.74) is 2.98. The number of hydrogen-bond donors (Lipinski definition) is 0. The first-order valence-corrected chi connectivity index (χ1v) is 7.09. The van der Waals surface area contributed by atoms with Crippen molar-refractivity contribution in [2.45, 2.75) is 12.8 Å². The fourth-order valence-corrected chi connectivity index (χ4v) is 2.51. The van der Waals surface area contributed by atoms with Gasteiger partial charge in [0.2, 0.25) is 0 Å². The van der Waals surface area contributed by atoms with Gasteiger partial charge in [-0.25, -0.2) is 0 Å². The van der Waals surface area contributed by atoms with Gasteiger partial charge >= 0.3 is 0 Å². The summed E-state index contributed by atoms with van der Waals surface area (Å²) in [7, 11) is 0. The SMILES string of the molecule is C1=CCc2ccccc2C1.c1ccc2ccccc2c1. The Morgan fingerprint density at radius 3 is 1.20 bits per heavy atom. The van der Waals surface area contributed by atoms with Gasteiger partial charge in [-0.05, 0) is 34.7 Å². The van der Waals surface area contributed by atoms with Crippen LogP contribution in [0, 0.1) is 0 Å². The Morgan fingerprint density at radius 1 is 0.450 bits per heavy atom. The monoisotopic (exact) mass is 258 g/mol. The van der Waals surface area contributed by atoms with Crippen LogP contribution in [-0.4, -0.2) is 0 Å². The molecule has 20 heavy (non-hydrogen) atoms. The highest BCUT2D eigenvalue weighted by atomic mass is 14.1. The molecule has 1 aliphatic carbocycles. The topological polar surface area (TPSA) is 0 Å². The number of fused-ring (bicyclic) bond motifs is 2. The zero-order valence-corrected chi connectivity index (χ0v) is 11.5. The molecule has 3 aromatic rings. The van der Waals surface area contributed by atoms with Crippen LogP contribution in [0.2, 0.25) is 0 Å². The van der Waals surface area contributed by atoms with Crippen molar-refractivity contribution in [2.24, 2.45) is 0 Å². The molecule has 0 amide bonds. The Kier molecular flexibility index (Phi) is 3.93. The smallest absolute Gasteiger partial charge is 0.00945 e. The second-order valence-corrected chi connectivity index (χ2v) is 5.00. The number of hydrogen-bond acceptors (Lipinski definition) is 0. The molecule has 3 aromatic carbocycles. The second kappa shape index (κ2) is 6.21. The first-order valence-electron chi connectivity index (χ1n) is 7.09. The third-order valence-corrected chi connectivity index (χ3v) is 3.62. The third-order valence-electron chi connectivity index (χ3n) is 3.62. The Bertz CT molecular complexity index is 630. The van der Waals surface area contributed by atoms with Crippen LogP contribution in [0.5, 0.6) is 0 Å². The molecule has 0 heteroatoms. The Hall–Kier alpha value is -2.34. The zero-order valence-electron chi connectivity index (χ0n) is 11.5. The van der Waals surface area contributed by atoms with Crippen molar-refractivity contribution in [2.75, 3.05) is 0 Å². The van der Waals surface area contributed by atoms with Gasteiger partial charge in [0.05, 0.1) is 0 Å². The normalized spacial score (nSPS) is 12.4. The molecule has 4 rings (SSSR count). The van der Waals surface area contributed by atoms with Crippen LogP contribution in [0.1, 0.15) is 11.1 Å². The minimum Gasteiger partial charge on any atom is -0.0838 e. The first-order chi connectivity index (χ1) is 9.93. The Labute approximate surface area is 120 Å². The van der Waals surface area contributed by atoms with Crippen LogP contribution >= 0.6 is 0 Å². The predicted octanol–water partition coefficient (Wildman–Crippen LogP) is 5.18. The molecule has 0 atom stereocenters. The van der Waals surface area contributed by atoms with Gasteiger partial charge in [0.1, 0.15) is 0 Å². The largest absolute Gasteiger partial charge is 0.0838 e. The average molecular weight is 258 g/mol. The van der Waals surface area contributed by atoms with E-state index in [1.165, 1.54) is 21.9 Å². The fourth-order valence-electron chi connectivity index (χ4n) is 2.51. The van der Waals surface area contributed by atoms with Gasteiger partial charge in [-0.15, -0.1) is 0 Å². The molecule has 0 fully saturated rings. The van der Waals surface area contributed by atoms with Gasteiger partial charge < -0.3 is 0 Å². The van der Waals surface area contributed by atoms with Gasteiger partial charge in [0, 0.05) is 0 Å². The van der Waals surface area contributed by atoms with Crippen LogP contribution in [0.25, 0.3) is 10.8 Å².